The highest BCUT2D eigenvalue weighted by atomic mass is 35.5. The summed E-state index contributed by atoms with van der Waals surface area (Å²) in [5.41, 5.74) is 0.502. The molecule has 18 heavy (non-hydrogen) atoms. The minimum atomic E-state index is -0.484. The molecule has 1 fully saturated rings. The van der Waals surface area contributed by atoms with Crippen molar-refractivity contribution in [1.82, 2.24) is 0 Å². The molecule has 0 unspecified atom stereocenters. The Morgan fingerprint density at radius 3 is 2.17 bits per heavy atom. The fourth-order valence-electron chi connectivity index (χ4n) is 1.75. The zero-order valence-electron chi connectivity index (χ0n) is 11.0. The number of rotatable bonds is 1. The van der Waals surface area contributed by atoms with Crippen LogP contribution in [0.5, 0.6) is 0 Å². The van der Waals surface area contributed by atoms with Crippen LogP contribution in [0.3, 0.4) is 0 Å². The summed E-state index contributed by atoms with van der Waals surface area (Å²) in [4.78, 5) is 3.34. The maximum atomic E-state index is 6.95. The zero-order chi connectivity index (χ0) is 13.6. The quantitative estimate of drug-likeness (QED) is 0.574. The fraction of sp³-hybridized carbons (Fsp3) is 0.462. The monoisotopic (exact) mass is 263 g/mol. The molecule has 3 nitrogen and oxygen atoms in total. The molecule has 5 heteroatoms. The highest BCUT2D eigenvalue weighted by Crippen LogP contribution is 2.37. The largest absolute Gasteiger partial charge is 0.496 e. The van der Waals surface area contributed by atoms with Crippen LogP contribution < -0.4 is 5.46 Å². The summed E-state index contributed by atoms with van der Waals surface area (Å²) in [6.07, 6.45) is 0. The van der Waals surface area contributed by atoms with Crippen LogP contribution in [0, 0.1) is 6.57 Å². The first-order valence-electron chi connectivity index (χ1n) is 5.79. The van der Waals surface area contributed by atoms with Crippen LogP contribution in [-0.2, 0) is 9.31 Å². The van der Waals surface area contributed by atoms with Gasteiger partial charge in [-0.3, -0.25) is 0 Å². The highest BCUT2D eigenvalue weighted by molar-refractivity contribution is 6.65. The van der Waals surface area contributed by atoms with Crippen LogP contribution in [0.4, 0.5) is 5.69 Å². The third kappa shape index (κ3) is 2.14. The maximum Gasteiger partial charge on any atom is 0.496 e. The summed E-state index contributed by atoms with van der Waals surface area (Å²) in [5, 5.41) is 0.502. The lowest BCUT2D eigenvalue weighted by Gasteiger charge is -2.32. The van der Waals surface area contributed by atoms with Gasteiger partial charge in [-0.05, 0) is 39.2 Å². The molecule has 0 bridgehead atoms. The topological polar surface area (TPSA) is 22.8 Å². The summed E-state index contributed by atoms with van der Waals surface area (Å²) >= 11 is 6.17. The second kappa shape index (κ2) is 4.27. The Bertz CT molecular complexity index is 506. The predicted octanol–water partition coefficient (Wildman–Crippen LogP) is 3.19. The van der Waals surface area contributed by atoms with E-state index in [9.17, 15) is 0 Å². The summed E-state index contributed by atoms with van der Waals surface area (Å²) in [6.45, 7) is 14.9. The second-order valence-electron chi connectivity index (χ2n) is 5.41. The van der Waals surface area contributed by atoms with E-state index in [0.29, 0.717) is 10.7 Å². The SMILES string of the molecule is [C-]#[N+]c1ccc(B2OC(C)(C)C(C)(C)O2)c(Cl)c1. The predicted molar refractivity (Wildman–Crippen MR) is 73.4 cm³/mol. The van der Waals surface area contributed by atoms with Crippen molar-refractivity contribution < 1.29 is 9.31 Å². The van der Waals surface area contributed by atoms with E-state index in [-0.39, 0.29) is 11.2 Å². The Morgan fingerprint density at radius 1 is 1.17 bits per heavy atom. The van der Waals surface area contributed by atoms with E-state index in [1.54, 1.807) is 18.2 Å². The Hall–Kier alpha value is -1.02. The van der Waals surface area contributed by atoms with E-state index in [1.807, 2.05) is 27.7 Å². The molecule has 0 aromatic heterocycles. The number of nitrogens with zero attached hydrogens (tertiary/aromatic N) is 1. The molecule has 0 amide bonds. The molecule has 1 saturated heterocycles. The minimum Gasteiger partial charge on any atom is -0.399 e. The molecule has 1 aromatic carbocycles. The van der Waals surface area contributed by atoms with Gasteiger partial charge in [0.1, 0.15) is 0 Å². The molecule has 1 aromatic rings. The lowest BCUT2D eigenvalue weighted by Crippen LogP contribution is -2.41. The molecular formula is C13H15BClNO2. The van der Waals surface area contributed by atoms with Gasteiger partial charge in [0.25, 0.3) is 0 Å². The summed E-state index contributed by atoms with van der Waals surface area (Å²) in [7, 11) is -0.484. The standard InChI is InChI=1S/C13H15BClNO2/c1-12(2)13(3,4)18-14(17-12)10-7-6-9(16-5)8-11(10)15/h6-8H,1-4H3. The Morgan fingerprint density at radius 2 is 1.72 bits per heavy atom. The van der Waals surface area contributed by atoms with Crippen LogP contribution in [0.15, 0.2) is 18.2 Å². The van der Waals surface area contributed by atoms with E-state index in [4.69, 9.17) is 27.5 Å². The minimum absolute atomic E-state index is 0.389. The van der Waals surface area contributed by atoms with Gasteiger partial charge in [0, 0.05) is 5.02 Å². The number of halogens is 1. The van der Waals surface area contributed by atoms with Gasteiger partial charge < -0.3 is 9.31 Å². The Kier molecular flexibility index (Phi) is 3.18. The van der Waals surface area contributed by atoms with Gasteiger partial charge >= 0.3 is 7.12 Å². The number of hydrogen-bond donors (Lipinski definition) is 0. The molecule has 1 aliphatic heterocycles. The first-order valence-corrected chi connectivity index (χ1v) is 6.17. The molecule has 0 N–H and O–H groups in total. The molecule has 0 radical (unpaired) electrons. The van der Waals surface area contributed by atoms with E-state index < -0.39 is 7.12 Å². The van der Waals surface area contributed by atoms with Crippen LogP contribution in [0.2, 0.25) is 5.02 Å². The molecule has 0 spiro atoms. The third-order valence-corrected chi connectivity index (χ3v) is 3.95. The highest BCUT2D eigenvalue weighted by Gasteiger charge is 2.52. The van der Waals surface area contributed by atoms with Crippen molar-refractivity contribution in [3.63, 3.8) is 0 Å². The van der Waals surface area contributed by atoms with Crippen LogP contribution in [0.25, 0.3) is 4.85 Å². The number of benzene rings is 1. The van der Waals surface area contributed by atoms with Gasteiger partial charge in [0.2, 0.25) is 0 Å². The van der Waals surface area contributed by atoms with Crippen LogP contribution >= 0.6 is 11.6 Å². The van der Waals surface area contributed by atoms with Crippen molar-refractivity contribution in [1.29, 1.82) is 0 Å². The normalized spacial score (nSPS) is 20.8. The van der Waals surface area contributed by atoms with E-state index in [2.05, 4.69) is 4.85 Å². The first kappa shape index (κ1) is 13.4. The van der Waals surface area contributed by atoms with Crippen LogP contribution in [-0.4, -0.2) is 18.3 Å². The third-order valence-electron chi connectivity index (χ3n) is 3.62. The van der Waals surface area contributed by atoms with E-state index in [0.717, 1.165) is 5.46 Å². The molecule has 0 saturated carbocycles. The lowest BCUT2D eigenvalue weighted by molar-refractivity contribution is 0.00578. The summed E-state index contributed by atoms with van der Waals surface area (Å²) < 4.78 is 11.8. The molecular weight excluding hydrogens is 248 g/mol. The molecule has 1 heterocycles. The lowest BCUT2D eigenvalue weighted by atomic mass is 9.79. The molecule has 0 atom stereocenters. The van der Waals surface area contributed by atoms with Crippen molar-refractivity contribution in [3.8, 4) is 0 Å². The maximum absolute atomic E-state index is 6.95. The van der Waals surface area contributed by atoms with Crippen LogP contribution in [0.1, 0.15) is 27.7 Å². The first-order chi connectivity index (χ1) is 8.27. The Labute approximate surface area is 113 Å². The summed E-state index contributed by atoms with van der Waals surface area (Å²) in [6, 6.07) is 5.14. The van der Waals surface area contributed by atoms with Crippen molar-refractivity contribution in [2.24, 2.45) is 0 Å². The van der Waals surface area contributed by atoms with E-state index in [1.165, 1.54) is 0 Å². The smallest absolute Gasteiger partial charge is 0.399 e. The van der Waals surface area contributed by atoms with Gasteiger partial charge in [0.15, 0.2) is 5.69 Å². The van der Waals surface area contributed by atoms with Gasteiger partial charge in [-0.15, -0.1) is 0 Å². The van der Waals surface area contributed by atoms with Crippen molar-refractivity contribution in [2.45, 2.75) is 38.9 Å². The summed E-state index contributed by atoms with van der Waals surface area (Å²) in [5.74, 6) is 0. The van der Waals surface area contributed by atoms with Crippen molar-refractivity contribution in [2.75, 3.05) is 0 Å². The van der Waals surface area contributed by atoms with Crippen molar-refractivity contribution >= 4 is 29.9 Å². The van der Waals surface area contributed by atoms with Gasteiger partial charge in [-0.25, -0.2) is 4.85 Å². The Balaban J connectivity index is 2.33. The second-order valence-corrected chi connectivity index (χ2v) is 5.81. The molecule has 94 valence electrons. The van der Waals surface area contributed by atoms with Gasteiger partial charge in [-0.2, -0.15) is 0 Å². The average Bonchev–Trinajstić information content (AvgIpc) is 2.47. The average molecular weight is 264 g/mol. The van der Waals surface area contributed by atoms with E-state index >= 15 is 0 Å². The molecule has 2 rings (SSSR count). The van der Waals surface area contributed by atoms with Gasteiger partial charge in [-0.1, -0.05) is 23.7 Å². The van der Waals surface area contributed by atoms with Crippen molar-refractivity contribution in [3.05, 3.63) is 34.6 Å². The fourth-order valence-corrected chi connectivity index (χ4v) is 2.01. The molecule has 0 aliphatic carbocycles. The number of hydrogen-bond acceptors (Lipinski definition) is 2. The zero-order valence-corrected chi connectivity index (χ0v) is 11.7. The molecule has 1 aliphatic rings. The van der Waals surface area contributed by atoms with Gasteiger partial charge in [0.05, 0.1) is 17.8 Å².